The van der Waals surface area contributed by atoms with Crippen molar-refractivity contribution in [3.05, 3.63) is 95.6 Å². The zero-order valence-corrected chi connectivity index (χ0v) is 19.2. The minimum atomic E-state index is 1.12. The molecule has 1 nitrogen and oxygen atoms in total. The molecule has 0 amide bonds. The highest BCUT2D eigenvalue weighted by molar-refractivity contribution is 5.80. The van der Waals surface area contributed by atoms with Gasteiger partial charge in [0.25, 0.3) is 0 Å². The predicted octanol–water partition coefficient (Wildman–Crippen LogP) is 9.28. The van der Waals surface area contributed by atoms with Crippen LogP contribution in [0.25, 0.3) is 11.6 Å². The third kappa shape index (κ3) is 8.09. The van der Waals surface area contributed by atoms with Crippen LogP contribution in [-0.2, 0) is 6.42 Å². The number of benzene rings is 3. The highest BCUT2D eigenvalue weighted by Crippen LogP contribution is 2.21. The van der Waals surface area contributed by atoms with Gasteiger partial charge in [-0.15, -0.1) is 0 Å². The Bertz CT molecular complexity index is 905. The van der Waals surface area contributed by atoms with Crippen molar-refractivity contribution >= 4 is 23.0 Å². The smallest absolute Gasteiger partial charge is 0.0384 e. The molecule has 0 heterocycles. The summed E-state index contributed by atoms with van der Waals surface area (Å²) in [4.78, 5) is 0. The summed E-state index contributed by atoms with van der Waals surface area (Å²) in [6, 6.07) is 28.1. The van der Waals surface area contributed by atoms with Crippen LogP contribution in [0.4, 0.5) is 11.4 Å². The summed E-state index contributed by atoms with van der Waals surface area (Å²) in [7, 11) is 0. The number of hydrogen-bond donors (Lipinski definition) is 1. The average molecular weight is 412 g/mol. The van der Waals surface area contributed by atoms with Crippen LogP contribution in [0.5, 0.6) is 0 Å². The quantitative estimate of drug-likeness (QED) is 0.231. The van der Waals surface area contributed by atoms with Crippen molar-refractivity contribution in [2.75, 3.05) is 5.32 Å². The Kier molecular flexibility index (Phi) is 9.44. The molecule has 0 fully saturated rings. The standard InChI is InChI=1S/C30H37N/c1-3-4-5-6-7-8-10-13-26-16-20-29(21-17-26)31-30-22-18-27(19-23-30)24-25(2)28-14-11-9-12-15-28/h9,11-12,14-24,31H,3-8,10,13H2,1-2H3. The molecule has 0 aliphatic rings. The van der Waals surface area contributed by atoms with E-state index in [2.05, 4.69) is 104 Å². The summed E-state index contributed by atoms with van der Waals surface area (Å²) < 4.78 is 0. The van der Waals surface area contributed by atoms with E-state index in [-0.39, 0.29) is 0 Å². The Morgan fingerprint density at radius 3 is 1.90 bits per heavy atom. The molecule has 31 heavy (non-hydrogen) atoms. The van der Waals surface area contributed by atoms with Gasteiger partial charge in [-0.3, -0.25) is 0 Å². The fourth-order valence-corrected chi connectivity index (χ4v) is 3.90. The highest BCUT2D eigenvalue weighted by Gasteiger charge is 1.99. The first-order valence-corrected chi connectivity index (χ1v) is 11.9. The number of aryl methyl sites for hydroxylation is 1. The monoisotopic (exact) mass is 411 g/mol. The van der Waals surface area contributed by atoms with E-state index in [1.807, 2.05) is 0 Å². The molecule has 1 heteroatoms. The Balaban J connectivity index is 1.46. The lowest BCUT2D eigenvalue weighted by atomic mass is 10.0. The van der Waals surface area contributed by atoms with E-state index in [0.717, 1.165) is 11.4 Å². The molecule has 0 aromatic heterocycles. The molecule has 0 atom stereocenters. The molecule has 3 rings (SSSR count). The normalized spacial score (nSPS) is 11.5. The summed E-state index contributed by atoms with van der Waals surface area (Å²) in [6.07, 6.45) is 13.0. The number of rotatable bonds is 12. The van der Waals surface area contributed by atoms with Crippen molar-refractivity contribution in [2.45, 2.75) is 65.2 Å². The Labute approximate surface area is 189 Å². The van der Waals surface area contributed by atoms with Crippen LogP contribution >= 0.6 is 0 Å². The van der Waals surface area contributed by atoms with Crippen molar-refractivity contribution in [1.82, 2.24) is 0 Å². The first-order chi connectivity index (χ1) is 15.2. The summed E-state index contributed by atoms with van der Waals surface area (Å²) in [6.45, 7) is 4.44. The van der Waals surface area contributed by atoms with Crippen molar-refractivity contribution in [3.63, 3.8) is 0 Å². The van der Waals surface area contributed by atoms with Crippen LogP contribution in [0.15, 0.2) is 78.9 Å². The van der Waals surface area contributed by atoms with E-state index >= 15 is 0 Å². The van der Waals surface area contributed by atoms with Crippen LogP contribution in [0.2, 0.25) is 0 Å². The second kappa shape index (κ2) is 12.8. The molecule has 0 saturated heterocycles. The molecule has 162 valence electrons. The number of allylic oxidation sites excluding steroid dienone is 1. The fraction of sp³-hybridized carbons (Fsp3) is 0.333. The summed E-state index contributed by atoms with van der Waals surface area (Å²) in [5.74, 6) is 0. The SMILES string of the molecule is CCCCCCCCCc1ccc(Nc2ccc(C=C(C)c3ccccc3)cc2)cc1. The van der Waals surface area contributed by atoms with Gasteiger partial charge in [-0.2, -0.15) is 0 Å². The van der Waals surface area contributed by atoms with Crippen LogP contribution in [0, 0.1) is 0 Å². The summed E-state index contributed by atoms with van der Waals surface area (Å²) in [5.41, 5.74) is 7.47. The van der Waals surface area contributed by atoms with Crippen LogP contribution in [0.3, 0.4) is 0 Å². The zero-order chi connectivity index (χ0) is 21.7. The van der Waals surface area contributed by atoms with E-state index in [9.17, 15) is 0 Å². The van der Waals surface area contributed by atoms with E-state index in [1.54, 1.807) is 0 Å². The number of hydrogen-bond acceptors (Lipinski definition) is 1. The van der Waals surface area contributed by atoms with Crippen molar-refractivity contribution in [1.29, 1.82) is 0 Å². The van der Waals surface area contributed by atoms with Crippen molar-refractivity contribution < 1.29 is 0 Å². The van der Waals surface area contributed by atoms with Gasteiger partial charge in [0.2, 0.25) is 0 Å². The molecule has 0 spiro atoms. The number of anilines is 2. The van der Waals surface area contributed by atoms with Gasteiger partial charge in [0.15, 0.2) is 0 Å². The van der Waals surface area contributed by atoms with Crippen LogP contribution in [-0.4, -0.2) is 0 Å². The van der Waals surface area contributed by atoms with Gasteiger partial charge in [0.1, 0.15) is 0 Å². The van der Waals surface area contributed by atoms with Crippen molar-refractivity contribution in [2.24, 2.45) is 0 Å². The molecule has 0 aliphatic carbocycles. The minimum Gasteiger partial charge on any atom is -0.356 e. The molecule has 0 aliphatic heterocycles. The second-order valence-corrected chi connectivity index (χ2v) is 8.51. The van der Waals surface area contributed by atoms with Gasteiger partial charge in [-0.25, -0.2) is 0 Å². The highest BCUT2D eigenvalue weighted by atomic mass is 14.9. The molecular formula is C30H37N. The molecule has 3 aromatic carbocycles. The third-order valence-corrected chi connectivity index (χ3v) is 5.83. The van der Waals surface area contributed by atoms with Gasteiger partial charge in [0.05, 0.1) is 0 Å². The maximum absolute atomic E-state index is 3.52. The molecule has 1 N–H and O–H groups in total. The molecule has 3 aromatic rings. The van der Waals surface area contributed by atoms with E-state index in [4.69, 9.17) is 0 Å². The third-order valence-electron chi connectivity index (χ3n) is 5.83. The summed E-state index contributed by atoms with van der Waals surface area (Å²) >= 11 is 0. The van der Waals surface area contributed by atoms with Gasteiger partial charge in [0, 0.05) is 11.4 Å². The lowest BCUT2D eigenvalue weighted by Gasteiger charge is -2.09. The van der Waals surface area contributed by atoms with Gasteiger partial charge in [-0.1, -0.05) is 106 Å². The molecule has 0 radical (unpaired) electrons. The maximum Gasteiger partial charge on any atom is 0.0384 e. The largest absolute Gasteiger partial charge is 0.356 e. The Morgan fingerprint density at radius 2 is 1.26 bits per heavy atom. The van der Waals surface area contributed by atoms with Crippen LogP contribution in [0.1, 0.15) is 75.5 Å². The molecule has 0 saturated carbocycles. The van der Waals surface area contributed by atoms with Crippen molar-refractivity contribution in [3.8, 4) is 0 Å². The summed E-state index contributed by atoms with van der Waals surface area (Å²) in [5, 5.41) is 3.52. The number of nitrogens with one attached hydrogen (secondary N) is 1. The lowest BCUT2D eigenvalue weighted by molar-refractivity contribution is 0.589. The average Bonchev–Trinajstić information content (AvgIpc) is 2.81. The lowest BCUT2D eigenvalue weighted by Crippen LogP contribution is -1.92. The van der Waals surface area contributed by atoms with Crippen LogP contribution < -0.4 is 5.32 Å². The number of unbranched alkanes of at least 4 members (excludes halogenated alkanes) is 6. The zero-order valence-electron chi connectivity index (χ0n) is 19.2. The maximum atomic E-state index is 3.52. The molecule has 0 bridgehead atoms. The topological polar surface area (TPSA) is 12.0 Å². The van der Waals surface area contributed by atoms with E-state index in [0.29, 0.717) is 0 Å². The van der Waals surface area contributed by atoms with Gasteiger partial charge >= 0.3 is 0 Å². The van der Waals surface area contributed by atoms with E-state index in [1.165, 1.54) is 73.6 Å². The van der Waals surface area contributed by atoms with E-state index < -0.39 is 0 Å². The Morgan fingerprint density at radius 1 is 0.677 bits per heavy atom. The Hall–Kier alpha value is -2.80. The minimum absolute atomic E-state index is 1.12. The predicted molar refractivity (Wildman–Crippen MR) is 138 cm³/mol. The fourth-order valence-electron chi connectivity index (χ4n) is 3.90. The van der Waals surface area contributed by atoms with Gasteiger partial charge in [-0.05, 0) is 66.3 Å². The van der Waals surface area contributed by atoms with Gasteiger partial charge < -0.3 is 5.32 Å². The molecular weight excluding hydrogens is 374 g/mol. The first kappa shape index (κ1) is 22.9. The second-order valence-electron chi connectivity index (χ2n) is 8.51. The molecule has 0 unspecified atom stereocenters. The first-order valence-electron chi connectivity index (χ1n) is 11.9.